The van der Waals surface area contributed by atoms with Gasteiger partial charge in [-0.1, -0.05) is 35.4 Å². The van der Waals surface area contributed by atoms with Gasteiger partial charge in [0.05, 0.1) is 0 Å². The van der Waals surface area contributed by atoms with Gasteiger partial charge in [-0.05, 0) is 37.6 Å². The topological polar surface area (TPSA) is 22.0 Å². The van der Waals surface area contributed by atoms with Gasteiger partial charge in [0, 0.05) is 40.3 Å². The normalized spacial score (nSPS) is 11.0. The summed E-state index contributed by atoms with van der Waals surface area (Å²) in [5.41, 5.74) is 4.54. The van der Waals surface area contributed by atoms with Crippen molar-refractivity contribution in [3.05, 3.63) is 69.9 Å². The minimum Gasteiger partial charge on any atom is -0.350 e. The molecule has 0 amide bonds. The van der Waals surface area contributed by atoms with Gasteiger partial charge in [-0.15, -0.1) is 0 Å². The Bertz CT molecular complexity index is 861. The summed E-state index contributed by atoms with van der Waals surface area (Å²) < 4.78 is 1.94. The number of rotatable bonds is 2. The molecule has 21 heavy (non-hydrogen) atoms. The molecule has 0 atom stereocenters. The third-order valence-electron chi connectivity index (χ3n) is 3.84. The van der Waals surface area contributed by atoms with E-state index in [4.69, 9.17) is 11.6 Å². The number of ketones is 1. The molecule has 0 bridgehead atoms. The van der Waals surface area contributed by atoms with Crippen molar-refractivity contribution in [2.75, 3.05) is 0 Å². The molecule has 106 valence electrons. The number of hydrogen-bond acceptors (Lipinski definition) is 1. The third-order valence-corrected chi connectivity index (χ3v) is 4.07. The van der Waals surface area contributed by atoms with Crippen LogP contribution < -0.4 is 0 Å². The van der Waals surface area contributed by atoms with E-state index >= 15 is 0 Å². The Kier molecular flexibility index (Phi) is 3.34. The van der Waals surface area contributed by atoms with Crippen LogP contribution >= 0.6 is 11.6 Å². The second-order valence-electron chi connectivity index (χ2n) is 5.46. The van der Waals surface area contributed by atoms with Crippen LogP contribution in [0, 0.1) is 13.8 Å². The molecule has 0 spiro atoms. The predicted octanol–water partition coefficient (Wildman–Crippen LogP) is 4.68. The number of halogens is 1. The van der Waals surface area contributed by atoms with Gasteiger partial charge in [-0.2, -0.15) is 0 Å². The molecule has 3 aromatic rings. The number of nitrogens with zero attached hydrogens (tertiary/aromatic N) is 1. The fraction of sp³-hybridized carbons (Fsp3) is 0.167. The fourth-order valence-corrected chi connectivity index (χ4v) is 2.83. The van der Waals surface area contributed by atoms with E-state index in [0.29, 0.717) is 5.02 Å². The molecule has 0 aliphatic heterocycles. The van der Waals surface area contributed by atoms with E-state index in [2.05, 4.69) is 0 Å². The molecule has 1 aromatic heterocycles. The van der Waals surface area contributed by atoms with Gasteiger partial charge in [0.1, 0.15) is 0 Å². The van der Waals surface area contributed by atoms with E-state index in [1.807, 2.05) is 68.1 Å². The average molecular weight is 298 g/mol. The first-order valence-electron chi connectivity index (χ1n) is 6.84. The molecular weight excluding hydrogens is 282 g/mol. The van der Waals surface area contributed by atoms with Crippen molar-refractivity contribution in [3.8, 4) is 0 Å². The zero-order valence-corrected chi connectivity index (χ0v) is 13.0. The quantitative estimate of drug-likeness (QED) is 0.630. The molecule has 0 unspecified atom stereocenters. The molecule has 2 nitrogen and oxygen atoms in total. The summed E-state index contributed by atoms with van der Waals surface area (Å²) in [5.74, 6) is 0.0594. The SMILES string of the molecule is Cc1ccc(C)c(C(=O)c2cn(C)c3cc(Cl)ccc23)c1. The molecule has 3 heteroatoms. The lowest BCUT2D eigenvalue weighted by atomic mass is 9.97. The molecule has 0 radical (unpaired) electrons. The number of fused-ring (bicyclic) bond motifs is 1. The van der Waals surface area contributed by atoms with Crippen LogP contribution in [-0.2, 0) is 7.05 Å². The number of hydrogen-bond donors (Lipinski definition) is 0. The Morgan fingerprint density at radius 1 is 1.05 bits per heavy atom. The van der Waals surface area contributed by atoms with E-state index in [-0.39, 0.29) is 5.78 Å². The van der Waals surface area contributed by atoms with Crippen molar-refractivity contribution in [2.24, 2.45) is 7.05 Å². The smallest absolute Gasteiger partial charge is 0.195 e. The maximum absolute atomic E-state index is 12.9. The summed E-state index contributed by atoms with van der Waals surface area (Å²) in [5, 5.41) is 1.61. The lowest BCUT2D eigenvalue weighted by molar-refractivity contribution is 0.103. The Morgan fingerprint density at radius 2 is 1.81 bits per heavy atom. The molecule has 0 aliphatic rings. The standard InChI is InChI=1S/C18H16ClNO/c1-11-4-5-12(2)15(8-11)18(21)16-10-20(3)17-9-13(19)6-7-14(16)17/h4-10H,1-3H3. The van der Waals surface area contributed by atoms with Crippen molar-refractivity contribution in [2.45, 2.75) is 13.8 Å². The van der Waals surface area contributed by atoms with Crippen molar-refractivity contribution in [1.29, 1.82) is 0 Å². The van der Waals surface area contributed by atoms with Crippen LogP contribution in [0.2, 0.25) is 5.02 Å². The highest BCUT2D eigenvalue weighted by molar-refractivity contribution is 6.31. The van der Waals surface area contributed by atoms with Crippen LogP contribution in [0.4, 0.5) is 0 Å². The van der Waals surface area contributed by atoms with Crippen LogP contribution in [0.25, 0.3) is 10.9 Å². The zero-order valence-electron chi connectivity index (χ0n) is 12.3. The zero-order chi connectivity index (χ0) is 15.1. The first-order chi connectivity index (χ1) is 9.97. The van der Waals surface area contributed by atoms with Crippen molar-refractivity contribution >= 4 is 28.3 Å². The minimum atomic E-state index is 0.0594. The fourth-order valence-electron chi connectivity index (χ4n) is 2.66. The van der Waals surface area contributed by atoms with Crippen LogP contribution in [0.3, 0.4) is 0 Å². The third kappa shape index (κ3) is 2.36. The summed E-state index contributed by atoms with van der Waals surface area (Å²) in [6.45, 7) is 3.97. The van der Waals surface area contributed by atoms with Crippen LogP contribution in [0.1, 0.15) is 27.0 Å². The lowest BCUT2D eigenvalue weighted by Crippen LogP contribution is -2.03. The maximum atomic E-state index is 12.9. The number of benzene rings is 2. The van der Waals surface area contributed by atoms with E-state index in [1.54, 1.807) is 0 Å². The monoisotopic (exact) mass is 297 g/mol. The first kappa shape index (κ1) is 13.9. The maximum Gasteiger partial charge on any atom is 0.195 e. The molecule has 1 heterocycles. The summed E-state index contributed by atoms with van der Waals surface area (Å²) in [4.78, 5) is 12.9. The first-order valence-corrected chi connectivity index (χ1v) is 7.21. The summed E-state index contributed by atoms with van der Waals surface area (Å²) in [7, 11) is 1.93. The summed E-state index contributed by atoms with van der Waals surface area (Å²) in [6.07, 6.45) is 1.88. The van der Waals surface area contributed by atoms with Gasteiger partial charge < -0.3 is 4.57 Å². The van der Waals surface area contributed by atoms with Gasteiger partial charge in [-0.25, -0.2) is 0 Å². The number of carbonyl (C=O) groups excluding carboxylic acids is 1. The second kappa shape index (κ2) is 5.05. The van der Waals surface area contributed by atoms with Gasteiger partial charge in [0.2, 0.25) is 0 Å². The van der Waals surface area contributed by atoms with Gasteiger partial charge >= 0.3 is 0 Å². The van der Waals surface area contributed by atoms with Crippen molar-refractivity contribution in [1.82, 2.24) is 4.57 Å². The molecule has 3 rings (SSSR count). The molecule has 0 saturated heterocycles. The number of carbonyl (C=O) groups is 1. The Hall–Kier alpha value is -2.06. The van der Waals surface area contributed by atoms with E-state index < -0.39 is 0 Å². The van der Waals surface area contributed by atoms with Crippen LogP contribution in [0.15, 0.2) is 42.6 Å². The molecule has 0 N–H and O–H groups in total. The lowest BCUT2D eigenvalue weighted by Gasteiger charge is -2.05. The Morgan fingerprint density at radius 3 is 2.57 bits per heavy atom. The minimum absolute atomic E-state index is 0.0594. The Balaban J connectivity index is 2.21. The summed E-state index contributed by atoms with van der Waals surface area (Å²) in [6, 6.07) is 11.6. The number of aryl methyl sites for hydroxylation is 3. The average Bonchev–Trinajstić information content (AvgIpc) is 2.78. The molecule has 0 fully saturated rings. The molecular formula is C18H16ClNO. The van der Waals surface area contributed by atoms with Crippen molar-refractivity contribution < 1.29 is 4.79 Å². The largest absolute Gasteiger partial charge is 0.350 e. The van der Waals surface area contributed by atoms with Crippen LogP contribution in [-0.4, -0.2) is 10.4 Å². The second-order valence-corrected chi connectivity index (χ2v) is 5.90. The number of aromatic nitrogens is 1. The highest BCUT2D eigenvalue weighted by Crippen LogP contribution is 2.27. The predicted molar refractivity (Wildman–Crippen MR) is 87.3 cm³/mol. The van der Waals surface area contributed by atoms with E-state index in [0.717, 1.165) is 33.2 Å². The van der Waals surface area contributed by atoms with Gasteiger partial charge in [0.25, 0.3) is 0 Å². The van der Waals surface area contributed by atoms with E-state index in [9.17, 15) is 4.79 Å². The molecule has 0 aliphatic carbocycles. The molecule has 0 saturated carbocycles. The van der Waals surface area contributed by atoms with Gasteiger partial charge in [0.15, 0.2) is 5.78 Å². The Labute approximate surface area is 129 Å². The highest BCUT2D eigenvalue weighted by Gasteiger charge is 2.17. The van der Waals surface area contributed by atoms with E-state index in [1.165, 1.54) is 0 Å². The van der Waals surface area contributed by atoms with Crippen molar-refractivity contribution in [3.63, 3.8) is 0 Å². The summed E-state index contributed by atoms with van der Waals surface area (Å²) >= 11 is 6.04. The van der Waals surface area contributed by atoms with Crippen LogP contribution in [0.5, 0.6) is 0 Å². The van der Waals surface area contributed by atoms with Gasteiger partial charge in [-0.3, -0.25) is 4.79 Å². The highest BCUT2D eigenvalue weighted by atomic mass is 35.5. The molecule has 2 aromatic carbocycles.